The lowest BCUT2D eigenvalue weighted by atomic mass is 10.1. The lowest BCUT2D eigenvalue weighted by Crippen LogP contribution is -2.52. The summed E-state index contributed by atoms with van der Waals surface area (Å²) in [5, 5.41) is 3.49. The Bertz CT molecular complexity index is 848. The van der Waals surface area contributed by atoms with E-state index in [1.807, 2.05) is 31.3 Å². The van der Waals surface area contributed by atoms with Crippen molar-refractivity contribution in [3.8, 4) is 17.2 Å². The number of rotatable bonds is 7. The zero-order valence-electron chi connectivity index (χ0n) is 18.4. The molecule has 0 spiro atoms. The Morgan fingerprint density at radius 3 is 2.37 bits per heavy atom. The van der Waals surface area contributed by atoms with Gasteiger partial charge in [-0.3, -0.25) is 4.99 Å². The van der Waals surface area contributed by atoms with Crippen molar-refractivity contribution in [3.05, 3.63) is 48.0 Å². The number of hydrogen-bond donors (Lipinski definition) is 1. The average Bonchev–Trinajstić information content (AvgIpc) is 2.82. The van der Waals surface area contributed by atoms with Gasteiger partial charge >= 0.3 is 0 Å². The lowest BCUT2D eigenvalue weighted by molar-refractivity contribution is 0.354. The van der Waals surface area contributed by atoms with Crippen LogP contribution in [-0.4, -0.2) is 72.0 Å². The molecule has 2 aromatic rings. The van der Waals surface area contributed by atoms with Crippen LogP contribution < -0.4 is 24.4 Å². The number of nitrogens with zero attached hydrogens (tertiary/aromatic N) is 3. The Balaban J connectivity index is 1.50. The zero-order valence-corrected chi connectivity index (χ0v) is 18.4. The minimum absolute atomic E-state index is 0.749. The van der Waals surface area contributed by atoms with E-state index in [1.54, 1.807) is 21.3 Å². The van der Waals surface area contributed by atoms with Crippen LogP contribution in [0.15, 0.2) is 47.5 Å². The van der Waals surface area contributed by atoms with Crippen LogP contribution in [0.2, 0.25) is 0 Å². The Morgan fingerprint density at radius 2 is 1.70 bits per heavy atom. The standard InChI is InChI=1S/C23H32N4O3/c1-24-23(25-11-10-18-8-9-21(29-3)22(16-18)30-4)27-14-12-26(13-15-27)19-6-5-7-20(17-19)28-2/h5-9,16-17H,10-15H2,1-4H3,(H,24,25). The van der Waals surface area contributed by atoms with Crippen molar-refractivity contribution in [2.45, 2.75) is 6.42 Å². The van der Waals surface area contributed by atoms with Gasteiger partial charge in [-0.25, -0.2) is 0 Å². The number of benzene rings is 2. The number of aliphatic imine (C=N–C) groups is 1. The van der Waals surface area contributed by atoms with Gasteiger partial charge in [0.25, 0.3) is 0 Å². The molecule has 7 nitrogen and oxygen atoms in total. The van der Waals surface area contributed by atoms with Gasteiger partial charge in [-0.2, -0.15) is 0 Å². The molecule has 1 N–H and O–H groups in total. The number of piperazine rings is 1. The fourth-order valence-corrected chi connectivity index (χ4v) is 3.67. The molecule has 0 amide bonds. The van der Waals surface area contributed by atoms with Crippen molar-refractivity contribution in [2.24, 2.45) is 4.99 Å². The van der Waals surface area contributed by atoms with Gasteiger partial charge in [0.2, 0.25) is 0 Å². The maximum atomic E-state index is 5.39. The Kier molecular flexibility index (Phi) is 7.65. The summed E-state index contributed by atoms with van der Waals surface area (Å²) >= 11 is 0. The molecule has 0 saturated carbocycles. The zero-order chi connectivity index (χ0) is 21.3. The summed E-state index contributed by atoms with van der Waals surface area (Å²) < 4.78 is 16.0. The molecule has 0 bridgehead atoms. The minimum atomic E-state index is 0.749. The first-order valence-corrected chi connectivity index (χ1v) is 10.2. The van der Waals surface area contributed by atoms with Crippen molar-refractivity contribution in [2.75, 3.05) is 66.0 Å². The summed E-state index contributed by atoms with van der Waals surface area (Å²) in [5.41, 5.74) is 2.39. The summed E-state index contributed by atoms with van der Waals surface area (Å²) in [6.07, 6.45) is 0.878. The van der Waals surface area contributed by atoms with Crippen molar-refractivity contribution < 1.29 is 14.2 Å². The van der Waals surface area contributed by atoms with Gasteiger partial charge in [-0.15, -0.1) is 0 Å². The molecule has 0 unspecified atom stereocenters. The highest BCUT2D eigenvalue weighted by Gasteiger charge is 2.20. The van der Waals surface area contributed by atoms with Crippen molar-refractivity contribution in [1.29, 1.82) is 0 Å². The summed E-state index contributed by atoms with van der Waals surface area (Å²) in [5.74, 6) is 3.34. The summed E-state index contributed by atoms with van der Waals surface area (Å²) in [6.45, 7) is 4.55. The van der Waals surface area contributed by atoms with E-state index in [0.29, 0.717) is 0 Å². The molecular weight excluding hydrogens is 380 g/mol. The number of ether oxygens (including phenoxy) is 3. The molecule has 0 atom stereocenters. The second kappa shape index (κ2) is 10.6. The molecule has 1 aliphatic rings. The Hall–Kier alpha value is -3.09. The summed E-state index contributed by atoms with van der Waals surface area (Å²) in [4.78, 5) is 9.17. The molecule has 1 fully saturated rings. The molecule has 7 heteroatoms. The number of guanidine groups is 1. The van der Waals surface area contributed by atoms with Crippen molar-refractivity contribution in [1.82, 2.24) is 10.2 Å². The van der Waals surface area contributed by atoms with Crippen LogP contribution in [0.25, 0.3) is 0 Å². The summed E-state index contributed by atoms with van der Waals surface area (Å²) in [7, 11) is 6.85. The van der Waals surface area contributed by atoms with Crippen LogP contribution in [0, 0.1) is 0 Å². The molecule has 3 rings (SSSR count). The molecule has 0 aliphatic carbocycles. The first kappa shape index (κ1) is 21.6. The predicted octanol–water partition coefficient (Wildman–Crippen LogP) is 2.65. The van der Waals surface area contributed by atoms with Gasteiger partial charge in [0.15, 0.2) is 17.5 Å². The summed E-state index contributed by atoms with van der Waals surface area (Å²) in [6, 6.07) is 14.3. The van der Waals surface area contributed by atoms with Gasteiger partial charge in [0.05, 0.1) is 21.3 Å². The highest BCUT2D eigenvalue weighted by Crippen LogP contribution is 2.27. The van der Waals surface area contributed by atoms with E-state index < -0.39 is 0 Å². The SMILES string of the molecule is CN=C(NCCc1ccc(OC)c(OC)c1)N1CCN(c2cccc(OC)c2)CC1. The number of nitrogens with one attached hydrogen (secondary N) is 1. The Labute approximate surface area is 179 Å². The van der Waals surface area contributed by atoms with Crippen LogP contribution in [-0.2, 0) is 6.42 Å². The van der Waals surface area contributed by atoms with Crippen molar-refractivity contribution in [3.63, 3.8) is 0 Å². The third-order valence-corrected chi connectivity index (χ3v) is 5.35. The van der Waals surface area contributed by atoms with E-state index in [2.05, 4.69) is 38.3 Å². The second-order valence-electron chi connectivity index (χ2n) is 7.09. The van der Waals surface area contributed by atoms with Crippen LogP contribution in [0.5, 0.6) is 17.2 Å². The van der Waals surface area contributed by atoms with Crippen LogP contribution in [0.1, 0.15) is 5.56 Å². The smallest absolute Gasteiger partial charge is 0.193 e. The first-order chi connectivity index (χ1) is 14.7. The molecule has 1 saturated heterocycles. The van der Waals surface area contributed by atoms with Crippen LogP contribution >= 0.6 is 0 Å². The van der Waals surface area contributed by atoms with Gasteiger partial charge < -0.3 is 29.3 Å². The highest BCUT2D eigenvalue weighted by atomic mass is 16.5. The van der Waals surface area contributed by atoms with Gasteiger partial charge in [0, 0.05) is 51.5 Å². The maximum absolute atomic E-state index is 5.39. The molecule has 30 heavy (non-hydrogen) atoms. The van der Waals surface area contributed by atoms with E-state index in [1.165, 1.54) is 11.3 Å². The first-order valence-electron chi connectivity index (χ1n) is 10.2. The number of methoxy groups -OCH3 is 3. The number of anilines is 1. The molecule has 0 radical (unpaired) electrons. The predicted molar refractivity (Wildman–Crippen MR) is 121 cm³/mol. The van der Waals surface area contributed by atoms with Crippen LogP contribution in [0.3, 0.4) is 0 Å². The molecule has 1 aliphatic heterocycles. The van der Waals surface area contributed by atoms with Crippen molar-refractivity contribution >= 4 is 11.6 Å². The van der Waals surface area contributed by atoms with Gasteiger partial charge in [-0.05, 0) is 36.2 Å². The number of hydrogen-bond acceptors (Lipinski definition) is 5. The average molecular weight is 413 g/mol. The molecule has 2 aromatic carbocycles. The Morgan fingerprint density at radius 1 is 0.933 bits per heavy atom. The van der Waals surface area contributed by atoms with E-state index in [4.69, 9.17) is 14.2 Å². The fraction of sp³-hybridized carbons (Fsp3) is 0.435. The van der Waals surface area contributed by atoms with E-state index in [-0.39, 0.29) is 0 Å². The quantitative estimate of drug-likeness (QED) is 0.557. The monoisotopic (exact) mass is 412 g/mol. The molecule has 162 valence electrons. The van der Waals surface area contributed by atoms with Crippen LogP contribution in [0.4, 0.5) is 5.69 Å². The molecule has 1 heterocycles. The van der Waals surface area contributed by atoms with E-state index in [9.17, 15) is 0 Å². The third-order valence-electron chi connectivity index (χ3n) is 5.35. The topological polar surface area (TPSA) is 58.6 Å². The lowest BCUT2D eigenvalue weighted by Gasteiger charge is -2.37. The maximum Gasteiger partial charge on any atom is 0.193 e. The van der Waals surface area contributed by atoms with E-state index >= 15 is 0 Å². The molecular formula is C23H32N4O3. The van der Waals surface area contributed by atoms with Gasteiger partial charge in [0.1, 0.15) is 5.75 Å². The second-order valence-corrected chi connectivity index (χ2v) is 7.09. The normalized spacial score (nSPS) is 14.5. The largest absolute Gasteiger partial charge is 0.497 e. The minimum Gasteiger partial charge on any atom is -0.497 e. The third kappa shape index (κ3) is 5.28. The van der Waals surface area contributed by atoms with E-state index in [0.717, 1.165) is 62.4 Å². The molecule has 0 aromatic heterocycles. The fourth-order valence-electron chi connectivity index (χ4n) is 3.67. The van der Waals surface area contributed by atoms with Gasteiger partial charge in [-0.1, -0.05) is 12.1 Å². The highest BCUT2D eigenvalue weighted by molar-refractivity contribution is 5.80.